The zero-order chi connectivity index (χ0) is 14.4. The number of carboxylic acid groups (broad SMARTS) is 1. The third-order valence-electron chi connectivity index (χ3n) is 2.84. The molecule has 4 nitrogen and oxygen atoms in total. The number of carboxylic acids is 1. The lowest BCUT2D eigenvalue weighted by Gasteiger charge is -2.30. The van der Waals surface area contributed by atoms with E-state index in [1.807, 2.05) is 26.0 Å². The van der Waals surface area contributed by atoms with Gasteiger partial charge in [-0.1, -0.05) is 15.9 Å². The molecule has 0 saturated carbocycles. The highest BCUT2D eigenvalue weighted by Gasteiger charge is 2.14. The molecule has 1 aromatic rings. The summed E-state index contributed by atoms with van der Waals surface area (Å²) < 4.78 is 0.854. The second-order valence-corrected chi connectivity index (χ2v) is 5.52. The van der Waals surface area contributed by atoms with Gasteiger partial charge in [0.1, 0.15) is 0 Å². The van der Waals surface area contributed by atoms with E-state index in [9.17, 15) is 9.59 Å². The van der Waals surface area contributed by atoms with Crippen LogP contribution < -0.4 is 4.90 Å². The average Bonchev–Trinajstić information content (AvgIpc) is 2.34. The molecule has 0 heterocycles. The molecule has 0 unspecified atom stereocenters. The van der Waals surface area contributed by atoms with Crippen molar-refractivity contribution in [3.05, 3.63) is 28.2 Å². The molecule has 0 atom stereocenters. The van der Waals surface area contributed by atoms with Gasteiger partial charge in [-0.2, -0.15) is 0 Å². The number of rotatable bonds is 7. The van der Waals surface area contributed by atoms with Crippen LogP contribution in [0.15, 0.2) is 22.7 Å². The molecule has 104 valence electrons. The number of nitrogens with zero attached hydrogens (tertiary/aromatic N) is 1. The van der Waals surface area contributed by atoms with Gasteiger partial charge in [0.25, 0.3) is 0 Å². The van der Waals surface area contributed by atoms with Gasteiger partial charge in [0, 0.05) is 34.7 Å². The number of aldehydes is 1. The Morgan fingerprint density at radius 2 is 2.16 bits per heavy atom. The highest BCUT2D eigenvalue weighted by atomic mass is 79.9. The topological polar surface area (TPSA) is 57.6 Å². The molecule has 0 aliphatic carbocycles. The molecule has 1 N–H and O–H groups in total. The highest BCUT2D eigenvalue weighted by Crippen LogP contribution is 2.25. The molecule has 0 aliphatic rings. The summed E-state index contributed by atoms with van der Waals surface area (Å²) in [4.78, 5) is 23.8. The molecular weight excluding hydrogens is 310 g/mol. The first-order chi connectivity index (χ1) is 8.95. The predicted molar refractivity (Wildman–Crippen MR) is 78.9 cm³/mol. The molecule has 0 fully saturated rings. The van der Waals surface area contributed by atoms with Crippen LogP contribution in [-0.2, 0) is 4.79 Å². The van der Waals surface area contributed by atoms with Gasteiger partial charge in [0.15, 0.2) is 6.29 Å². The van der Waals surface area contributed by atoms with Crippen molar-refractivity contribution in [2.45, 2.75) is 32.7 Å². The Labute approximate surface area is 121 Å². The van der Waals surface area contributed by atoms with Crippen LogP contribution in [-0.4, -0.2) is 29.9 Å². The summed E-state index contributed by atoms with van der Waals surface area (Å²) in [6.45, 7) is 4.67. The van der Waals surface area contributed by atoms with Crippen molar-refractivity contribution in [3.63, 3.8) is 0 Å². The van der Waals surface area contributed by atoms with Gasteiger partial charge in [0.2, 0.25) is 0 Å². The minimum absolute atomic E-state index is 0.135. The van der Waals surface area contributed by atoms with E-state index in [0.29, 0.717) is 18.5 Å². The fourth-order valence-corrected chi connectivity index (χ4v) is 2.32. The van der Waals surface area contributed by atoms with Gasteiger partial charge in [-0.05, 0) is 38.5 Å². The van der Waals surface area contributed by atoms with Crippen LogP contribution in [0.5, 0.6) is 0 Å². The van der Waals surface area contributed by atoms with Crippen molar-refractivity contribution < 1.29 is 14.7 Å². The summed E-state index contributed by atoms with van der Waals surface area (Å²) in [5.74, 6) is -0.796. The lowest BCUT2D eigenvalue weighted by atomic mass is 10.1. The minimum Gasteiger partial charge on any atom is -0.481 e. The molecule has 5 heteroatoms. The van der Waals surface area contributed by atoms with Crippen molar-refractivity contribution in [2.24, 2.45) is 0 Å². The standard InChI is InChI=1S/C14H18BrNO3/c1-10(2)16(7-3-4-14(18)19)13-6-5-12(15)8-11(13)9-17/h5-6,8-10H,3-4,7H2,1-2H3,(H,18,19). The van der Waals surface area contributed by atoms with Crippen molar-refractivity contribution in [3.8, 4) is 0 Å². The van der Waals surface area contributed by atoms with Crippen molar-refractivity contribution in [2.75, 3.05) is 11.4 Å². The molecule has 0 radical (unpaired) electrons. The van der Waals surface area contributed by atoms with Gasteiger partial charge in [-0.15, -0.1) is 0 Å². The van der Waals surface area contributed by atoms with E-state index >= 15 is 0 Å². The van der Waals surface area contributed by atoms with Crippen molar-refractivity contribution >= 4 is 33.9 Å². The van der Waals surface area contributed by atoms with E-state index in [1.165, 1.54) is 0 Å². The summed E-state index contributed by atoms with van der Waals surface area (Å²) >= 11 is 3.34. The molecule has 0 spiro atoms. The maximum absolute atomic E-state index is 11.1. The first-order valence-corrected chi connectivity index (χ1v) is 6.98. The van der Waals surface area contributed by atoms with Crippen LogP contribution in [0.4, 0.5) is 5.69 Å². The zero-order valence-corrected chi connectivity index (χ0v) is 12.7. The second-order valence-electron chi connectivity index (χ2n) is 4.61. The highest BCUT2D eigenvalue weighted by molar-refractivity contribution is 9.10. The molecule has 1 rings (SSSR count). The predicted octanol–water partition coefficient (Wildman–Crippen LogP) is 3.34. The molecular formula is C14H18BrNO3. The monoisotopic (exact) mass is 327 g/mol. The van der Waals surface area contributed by atoms with Crippen molar-refractivity contribution in [1.82, 2.24) is 0 Å². The van der Waals surface area contributed by atoms with E-state index in [-0.39, 0.29) is 12.5 Å². The summed E-state index contributed by atoms with van der Waals surface area (Å²) in [5.41, 5.74) is 1.46. The molecule has 0 bridgehead atoms. The Bertz CT molecular complexity index is 460. The second kappa shape index (κ2) is 7.28. The number of benzene rings is 1. The number of carbonyl (C=O) groups is 2. The smallest absolute Gasteiger partial charge is 0.303 e. The Morgan fingerprint density at radius 1 is 1.47 bits per heavy atom. The molecule has 1 aromatic carbocycles. The van der Waals surface area contributed by atoms with Crippen LogP contribution in [0, 0.1) is 0 Å². The normalized spacial score (nSPS) is 10.5. The molecule has 0 amide bonds. The van der Waals surface area contributed by atoms with Crippen LogP contribution in [0.1, 0.15) is 37.0 Å². The average molecular weight is 328 g/mol. The number of halogens is 1. The maximum atomic E-state index is 11.1. The number of hydrogen-bond donors (Lipinski definition) is 1. The van der Waals surface area contributed by atoms with E-state index in [2.05, 4.69) is 20.8 Å². The molecule has 0 aliphatic heterocycles. The lowest BCUT2D eigenvalue weighted by Crippen LogP contribution is -2.32. The van der Waals surface area contributed by atoms with Gasteiger partial charge in [0.05, 0.1) is 0 Å². The zero-order valence-electron chi connectivity index (χ0n) is 11.1. The Balaban J connectivity index is 2.92. The van der Waals surface area contributed by atoms with Gasteiger partial charge in [-0.25, -0.2) is 0 Å². The lowest BCUT2D eigenvalue weighted by molar-refractivity contribution is -0.137. The maximum Gasteiger partial charge on any atom is 0.303 e. The number of anilines is 1. The minimum atomic E-state index is -0.796. The molecule has 0 aromatic heterocycles. The van der Waals surface area contributed by atoms with Gasteiger partial charge in [-0.3, -0.25) is 9.59 Å². The first-order valence-electron chi connectivity index (χ1n) is 6.19. The number of hydrogen-bond acceptors (Lipinski definition) is 3. The summed E-state index contributed by atoms with van der Waals surface area (Å²) in [5, 5.41) is 8.69. The Hall–Kier alpha value is -1.36. The van der Waals surface area contributed by atoms with Crippen molar-refractivity contribution in [1.29, 1.82) is 0 Å². The van der Waals surface area contributed by atoms with E-state index in [1.54, 1.807) is 6.07 Å². The molecule has 0 saturated heterocycles. The third kappa shape index (κ3) is 4.67. The fourth-order valence-electron chi connectivity index (χ4n) is 1.94. The van der Waals surface area contributed by atoms with E-state index < -0.39 is 5.97 Å². The van der Waals surface area contributed by atoms with Gasteiger partial charge >= 0.3 is 5.97 Å². The summed E-state index contributed by atoms with van der Waals surface area (Å²) in [6.07, 6.45) is 1.52. The third-order valence-corrected chi connectivity index (χ3v) is 3.33. The summed E-state index contributed by atoms with van der Waals surface area (Å²) in [6, 6.07) is 5.74. The van der Waals surface area contributed by atoms with E-state index in [4.69, 9.17) is 5.11 Å². The van der Waals surface area contributed by atoms with Crippen LogP contribution in [0.2, 0.25) is 0 Å². The SMILES string of the molecule is CC(C)N(CCCC(=O)O)c1ccc(Br)cc1C=O. The van der Waals surface area contributed by atoms with Crippen LogP contribution in [0.3, 0.4) is 0 Å². The first kappa shape index (κ1) is 15.7. The molecule has 19 heavy (non-hydrogen) atoms. The number of aliphatic carboxylic acids is 1. The van der Waals surface area contributed by atoms with E-state index in [0.717, 1.165) is 16.4 Å². The number of carbonyl (C=O) groups excluding carboxylic acids is 1. The van der Waals surface area contributed by atoms with Crippen LogP contribution >= 0.6 is 15.9 Å². The van der Waals surface area contributed by atoms with Crippen LogP contribution in [0.25, 0.3) is 0 Å². The quantitative estimate of drug-likeness (QED) is 0.780. The summed E-state index contributed by atoms with van der Waals surface area (Å²) in [7, 11) is 0. The Morgan fingerprint density at radius 3 is 2.68 bits per heavy atom. The largest absolute Gasteiger partial charge is 0.481 e. The fraction of sp³-hybridized carbons (Fsp3) is 0.429. The Kier molecular flexibility index (Phi) is 6.02. The van der Waals surface area contributed by atoms with Gasteiger partial charge < -0.3 is 10.0 Å².